The van der Waals surface area contributed by atoms with Gasteiger partial charge >= 0.3 is 0 Å². The van der Waals surface area contributed by atoms with E-state index in [9.17, 15) is 4.79 Å². The predicted molar refractivity (Wildman–Crippen MR) is 45.4 cm³/mol. The maximum absolute atomic E-state index is 11.0. The molecule has 1 rings (SSSR count). The first kappa shape index (κ1) is 9.48. The highest BCUT2D eigenvalue weighted by Gasteiger charge is 2.34. The van der Waals surface area contributed by atoms with Gasteiger partial charge in [0.05, 0.1) is 12.6 Å². The Morgan fingerprint density at radius 1 is 1.75 bits per heavy atom. The van der Waals surface area contributed by atoms with Crippen LogP contribution in [-0.2, 0) is 4.79 Å². The smallest absolute Gasteiger partial charge is 0.235 e. The Kier molecular flexibility index (Phi) is 3.05. The SMILES string of the molecule is CC1CCN(CCO)[C@@H]1C(N)=O. The monoisotopic (exact) mass is 172 g/mol. The second kappa shape index (κ2) is 3.87. The van der Waals surface area contributed by atoms with Crippen LogP contribution in [0.15, 0.2) is 0 Å². The highest BCUT2D eigenvalue weighted by atomic mass is 16.3. The third-order valence-electron chi connectivity index (χ3n) is 2.48. The van der Waals surface area contributed by atoms with Crippen LogP contribution in [0.4, 0.5) is 0 Å². The minimum Gasteiger partial charge on any atom is -0.395 e. The molecule has 0 bridgehead atoms. The van der Waals surface area contributed by atoms with Gasteiger partial charge in [0, 0.05) is 6.54 Å². The van der Waals surface area contributed by atoms with Crippen molar-refractivity contribution >= 4 is 5.91 Å². The fraction of sp³-hybridized carbons (Fsp3) is 0.875. The lowest BCUT2D eigenvalue weighted by molar-refractivity contribution is -0.123. The van der Waals surface area contributed by atoms with E-state index >= 15 is 0 Å². The summed E-state index contributed by atoms with van der Waals surface area (Å²) in [5, 5.41) is 8.72. The lowest BCUT2D eigenvalue weighted by atomic mass is 10.0. The summed E-state index contributed by atoms with van der Waals surface area (Å²) in [5.41, 5.74) is 5.25. The van der Waals surface area contributed by atoms with Crippen LogP contribution in [0.3, 0.4) is 0 Å². The van der Waals surface area contributed by atoms with Gasteiger partial charge < -0.3 is 10.8 Å². The van der Waals surface area contributed by atoms with Crippen molar-refractivity contribution in [3.05, 3.63) is 0 Å². The standard InChI is InChI=1S/C8H16N2O2/c1-6-2-3-10(4-5-11)7(6)8(9)12/h6-7,11H,2-5H2,1H3,(H2,9,12)/t6?,7-/m0/s1. The molecule has 1 unspecified atom stereocenters. The van der Waals surface area contributed by atoms with Crippen LogP contribution in [0.25, 0.3) is 0 Å². The molecule has 4 heteroatoms. The molecule has 0 aromatic carbocycles. The van der Waals surface area contributed by atoms with Crippen molar-refractivity contribution in [2.75, 3.05) is 19.7 Å². The van der Waals surface area contributed by atoms with Crippen LogP contribution in [0.5, 0.6) is 0 Å². The molecule has 0 aromatic heterocycles. The van der Waals surface area contributed by atoms with Gasteiger partial charge in [0.25, 0.3) is 0 Å². The van der Waals surface area contributed by atoms with Crippen LogP contribution < -0.4 is 5.73 Å². The number of hydrogen-bond donors (Lipinski definition) is 2. The minimum absolute atomic E-state index is 0.0938. The molecule has 2 atom stereocenters. The number of hydrogen-bond acceptors (Lipinski definition) is 3. The maximum Gasteiger partial charge on any atom is 0.235 e. The lowest BCUT2D eigenvalue weighted by Gasteiger charge is -2.22. The second-order valence-corrected chi connectivity index (χ2v) is 3.37. The Morgan fingerprint density at radius 2 is 2.42 bits per heavy atom. The fourth-order valence-electron chi connectivity index (χ4n) is 1.87. The number of aliphatic hydroxyl groups excluding tert-OH is 1. The number of carbonyl (C=O) groups excluding carboxylic acids is 1. The highest BCUT2D eigenvalue weighted by molar-refractivity contribution is 5.80. The third kappa shape index (κ3) is 1.76. The Balaban J connectivity index is 2.57. The summed E-state index contributed by atoms with van der Waals surface area (Å²) in [6.45, 7) is 3.54. The Bertz CT molecular complexity index is 170. The van der Waals surface area contributed by atoms with Crippen LogP contribution in [-0.4, -0.2) is 41.7 Å². The zero-order valence-corrected chi connectivity index (χ0v) is 7.36. The summed E-state index contributed by atoms with van der Waals surface area (Å²) in [5.74, 6) is 0.0579. The van der Waals surface area contributed by atoms with Crippen molar-refractivity contribution in [2.45, 2.75) is 19.4 Å². The molecule has 1 aliphatic heterocycles. The summed E-state index contributed by atoms with van der Waals surface area (Å²) in [7, 11) is 0. The Morgan fingerprint density at radius 3 is 2.92 bits per heavy atom. The molecule has 70 valence electrons. The van der Waals surface area contributed by atoms with Crippen molar-refractivity contribution in [1.29, 1.82) is 0 Å². The first-order chi connectivity index (χ1) is 5.66. The number of aliphatic hydroxyl groups is 1. The topological polar surface area (TPSA) is 66.6 Å². The van der Waals surface area contributed by atoms with E-state index in [2.05, 4.69) is 0 Å². The first-order valence-corrected chi connectivity index (χ1v) is 4.31. The molecule has 0 saturated carbocycles. The van der Waals surface area contributed by atoms with Crippen LogP contribution >= 0.6 is 0 Å². The number of primary amides is 1. The molecule has 1 fully saturated rings. The highest BCUT2D eigenvalue weighted by Crippen LogP contribution is 2.22. The van der Waals surface area contributed by atoms with Crippen molar-refractivity contribution in [2.24, 2.45) is 11.7 Å². The Hall–Kier alpha value is -0.610. The van der Waals surface area contributed by atoms with Crippen molar-refractivity contribution in [1.82, 2.24) is 4.90 Å². The summed E-state index contributed by atoms with van der Waals surface area (Å²) in [4.78, 5) is 12.9. The first-order valence-electron chi connectivity index (χ1n) is 4.31. The average molecular weight is 172 g/mol. The van der Waals surface area contributed by atoms with E-state index in [4.69, 9.17) is 10.8 Å². The van der Waals surface area contributed by atoms with E-state index in [-0.39, 0.29) is 18.6 Å². The quantitative estimate of drug-likeness (QED) is 0.584. The van der Waals surface area contributed by atoms with Gasteiger partial charge in [-0.15, -0.1) is 0 Å². The largest absolute Gasteiger partial charge is 0.395 e. The summed E-state index contributed by atoms with van der Waals surface area (Å²) in [6, 6.07) is -0.169. The predicted octanol–water partition coefficient (Wildman–Crippen LogP) is -0.826. The molecule has 1 saturated heterocycles. The maximum atomic E-state index is 11.0. The van der Waals surface area contributed by atoms with Crippen molar-refractivity contribution in [3.63, 3.8) is 0 Å². The van der Waals surface area contributed by atoms with Gasteiger partial charge in [-0.25, -0.2) is 0 Å². The molecule has 1 amide bonds. The van der Waals surface area contributed by atoms with E-state index < -0.39 is 0 Å². The van der Waals surface area contributed by atoms with E-state index in [1.54, 1.807) is 0 Å². The molecule has 0 radical (unpaired) electrons. The fourth-order valence-corrected chi connectivity index (χ4v) is 1.87. The van der Waals surface area contributed by atoms with E-state index in [0.29, 0.717) is 12.5 Å². The molecule has 3 N–H and O–H groups in total. The molecule has 0 aliphatic carbocycles. The summed E-state index contributed by atoms with van der Waals surface area (Å²) < 4.78 is 0. The van der Waals surface area contributed by atoms with Gasteiger partial charge in [0.15, 0.2) is 0 Å². The Labute approximate surface area is 72.3 Å². The van der Waals surface area contributed by atoms with Crippen LogP contribution in [0, 0.1) is 5.92 Å². The molecule has 1 aliphatic rings. The van der Waals surface area contributed by atoms with E-state index in [1.807, 2.05) is 11.8 Å². The lowest BCUT2D eigenvalue weighted by Crippen LogP contribution is -2.44. The molecular weight excluding hydrogens is 156 g/mol. The van der Waals surface area contributed by atoms with Crippen molar-refractivity contribution < 1.29 is 9.90 Å². The molecule has 0 spiro atoms. The second-order valence-electron chi connectivity index (χ2n) is 3.37. The number of amides is 1. The minimum atomic E-state index is -0.270. The molecule has 1 heterocycles. The van der Waals surface area contributed by atoms with Gasteiger partial charge in [-0.3, -0.25) is 9.69 Å². The summed E-state index contributed by atoms with van der Waals surface area (Å²) >= 11 is 0. The normalized spacial score (nSPS) is 30.8. The zero-order chi connectivity index (χ0) is 9.14. The van der Waals surface area contributed by atoms with E-state index in [1.165, 1.54) is 0 Å². The van der Waals surface area contributed by atoms with Crippen LogP contribution in [0.1, 0.15) is 13.3 Å². The number of likely N-dealkylation sites (tertiary alicyclic amines) is 1. The van der Waals surface area contributed by atoms with Gasteiger partial charge in [-0.05, 0) is 18.9 Å². The molecule has 0 aromatic rings. The third-order valence-corrected chi connectivity index (χ3v) is 2.48. The zero-order valence-electron chi connectivity index (χ0n) is 7.36. The number of β-amino-alcohol motifs (C(OH)–C–C–N with tert-alkyl or cyclic N) is 1. The molecular formula is C8H16N2O2. The van der Waals surface area contributed by atoms with E-state index in [0.717, 1.165) is 13.0 Å². The van der Waals surface area contributed by atoms with Gasteiger partial charge in [-0.2, -0.15) is 0 Å². The van der Waals surface area contributed by atoms with Gasteiger partial charge in [-0.1, -0.05) is 6.92 Å². The summed E-state index contributed by atoms with van der Waals surface area (Å²) in [6.07, 6.45) is 0.994. The number of nitrogens with zero attached hydrogens (tertiary/aromatic N) is 1. The number of carbonyl (C=O) groups is 1. The van der Waals surface area contributed by atoms with Gasteiger partial charge in [0.2, 0.25) is 5.91 Å². The molecule has 4 nitrogen and oxygen atoms in total. The average Bonchev–Trinajstić information content (AvgIpc) is 2.32. The number of rotatable bonds is 3. The van der Waals surface area contributed by atoms with Crippen LogP contribution in [0.2, 0.25) is 0 Å². The number of nitrogens with two attached hydrogens (primary N) is 1. The van der Waals surface area contributed by atoms with Crippen molar-refractivity contribution in [3.8, 4) is 0 Å². The van der Waals surface area contributed by atoms with Gasteiger partial charge in [0.1, 0.15) is 0 Å². The molecule has 12 heavy (non-hydrogen) atoms.